The summed E-state index contributed by atoms with van der Waals surface area (Å²) in [5.41, 5.74) is 1.71. The maximum atomic E-state index is 11.3. The van der Waals surface area contributed by atoms with Gasteiger partial charge < -0.3 is 9.84 Å². The molecule has 0 amide bonds. The minimum Gasteiger partial charge on any atom is -0.478 e. The molecule has 2 aromatic rings. The number of carbonyl (C=O) groups is 1. The van der Waals surface area contributed by atoms with E-state index in [0.29, 0.717) is 15.7 Å². The van der Waals surface area contributed by atoms with Crippen LogP contribution >= 0.6 is 15.9 Å². The summed E-state index contributed by atoms with van der Waals surface area (Å²) in [6, 6.07) is 8.42. The molecule has 0 bridgehead atoms. The number of nitrogens with zero attached hydrogens (tertiary/aromatic N) is 2. The number of carboxylic acids is 1. The molecule has 21 heavy (non-hydrogen) atoms. The highest BCUT2D eigenvalue weighted by atomic mass is 79.9. The highest BCUT2D eigenvalue weighted by molar-refractivity contribution is 9.10. The molecule has 1 heterocycles. The number of aromatic nitrogens is 1. The highest BCUT2D eigenvalue weighted by Crippen LogP contribution is 2.30. The first-order valence-corrected chi connectivity index (χ1v) is 6.80. The smallest absolute Gasteiger partial charge is 0.339 e. The summed E-state index contributed by atoms with van der Waals surface area (Å²) < 4.78 is 6.20. The predicted molar refractivity (Wildman–Crippen MR) is 79.6 cm³/mol. The molecule has 1 aromatic carbocycles. The Kier molecular flexibility index (Phi) is 4.24. The number of benzene rings is 1. The lowest BCUT2D eigenvalue weighted by Crippen LogP contribution is -2.03. The predicted octanol–water partition coefficient (Wildman–Crippen LogP) is 3.82. The van der Waals surface area contributed by atoms with Crippen molar-refractivity contribution in [3.05, 3.63) is 51.1 Å². The van der Waals surface area contributed by atoms with Crippen LogP contribution in [-0.2, 0) is 0 Å². The number of halogens is 1. The summed E-state index contributed by atoms with van der Waals surface area (Å²) >= 11 is 3.21. The molecule has 5 nitrogen and oxygen atoms in total. The summed E-state index contributed by atoms with van der Waals surface area (Å²) in [5, 5.41) is 18.4. The van der Waals surface area contributed by atoms with Crippen LogP contribution in [0.25, 0.3) is 0 Å². The van der Waals surface area contributed by atoms with Gasteiger partial charge in [0.25, 0.3) is 0 Å². The summed E-state index contributed by atoms with van der Waals surface area (Å²) in [4.78, 5) is 15.4. The number of nitriles is 1. The average molecular weight is 347 g/mol. The lowest BCUT2D eigenvalue weighted by Gasteiger charge is -2.11. The van der Waals surface area contributed by atoms with Crippen molar-refractivity contribution in [2.75, 3.05) is 0 Å². The van der Waals surface area contributed by atoms with Crippen molar-refractivity contribution in [3.8, 4) is 17.7 Å². The third kappa shape index (κ3) is 3.20. The van der Waals surface area contributed by atoms with Gasteiger partial charge in [0.15, 0.2) is 0 Å². The molecule has 0 aliphatic heterocycles. The molecule has 0 radical (unpaired) electrons. The SMILES string of the molecule is Cc1cc(C)c(C#N)c(Oc2ccc(Br)cc2C(=O)O)n1. The lowest BCUT2D eigenvalue weighted by atomic mass is 10.1. The van der Waals surface area contributed by atoms with Crippen molar-refractivity contribution >= 4 is 21.9 Å². The van der Waals surface area contributed by atoms with Crippen LogP contribution < -0.4 is 4.74 Å². The first-order chi connectivity index (χ1) is 9.92. The van der Waals surface area contributed by atoms with Gasteiger partial charge in [-0.25, -0.2) is 9.78 Å². The van der Waals surface area contributed by atoms with Crippen molar-refractivity contribution in [2.24, 2.45) is 0 Å². The molecule has 0 spiro atoms. The molecule has 0 fully saturated rings. The van der Waals surface area contributed by atoms with Crippen molar-refractivity contribution < 1.29 is 14.6 Å². The minimum atomic E-state index is -1.12. The number of aromatic carboxylic acids is 1. The molecule has 0 saturated carbocycles. The van der Waals surface area contributed by atoms with Gasteiger partial charge in [-0.15, -0.1) is 0 Å². The van der Waals surface area contributed by atoms with Gasteiger partial charge in [-0.2, -0.15) is 5.26 Å². The number of hydrogen-bond acceptors (Lipinski definition) is 4. The standard InChI is InChI=1S/C15H11BrN2O3/c1-8-5-9(2)18-14(12(8)7-17)21-13-4-3-10(16)6-11(13)15(19)20/h3-6H,1-2H3,(H,19,20). The third-order valence-corrected chi connectivity index (χ3v) is 3.30. The first-order valence-electron chi connectivity index (χ1n) is 6.01. The number of aryl methyl sites for hydroxylation is 2. The summed E-state index contributed by atoms with van der Waals surface area (Å²) in [5.74, 6) is -0.867. The largest absolute Gasteiger partial charge is 0.478 e. The van der Waals surface area contributed by atoms with Crippen LogP contribution in [0.1, 0.15) is 27.2 Å². The maximum Gasteiger partial charge on any atom is 0.339 e. The molecule has 0 aliphatic carbocycles. The highest BCUT2D eigenvalue weighted by Gasteiger charge is 2.16. The number of hydrogen-bond donors (Lipinski definition) is 1. The van der Waals surface area contributed by atoms with Gasteiger partial charge in [0.2, 0.25) is 5.88 Å². The van der Waals surface area contributed by atoms with E-state index in [9.17, 15) is 15.2 Å². The molecule has 0 unspecified atom stereocenters. The topological polar surface area (TPSA) is 83.2 Å². The second kappa shape index (κ2) is 5.94. The number of pyridine rings is 1. The van der Waals surface area contributed by atoms with Crippen LogP contribution in [0.15, 0.2) is 28.7 Å². The molecule has 0 saturated heterocycles. The van der Waals surface area contributed by atoms with Gasteiger partial charge in [0, 0.05) is 10.2 Å². The molecule has 6 heteroatoms. The van der Waals surface area contributed by atoms with Gasteiger partial charge in [-0.1, -0.05) is 15.9 Å². The Morgan fingerprint density at radius 2 is 2.10 bits per heavy atom. The van der Waals surface area contributed by atoms with Crippen LogP contribution in [0.5, 0.6) is 11.6 Å². The Labute approximate surface area is 129 Å². The average Bonchev–Trinajstić information content (AvgIpc) is 2.40. The molecule has 0 atom stereocenters. The molecular weight excluding hydrogens is 336 g/mol. The van der Waals surface area contributed by atoms with Crippen molar-refractivity contribution in [1.82, 2.24) is 4.98 Å². The molecule has 2 rings (SSSR count). The van der Waals surface area contributed by atoms with Crippen LogP contribution in [0, 0.1) is 25.2 Å². The second-order valence-corrected chi connectivity index (χ2v) is 5.34. The number of carboxylic acid groups (broad SMARTS) is 1. The first kappa shape index (κ1) is 15.0. The van der Waals surface area contributed by atoms with E-state index in [2.05, 4.69) is 20.9 Å². The summed E-state index contributed by atoms with van der Waals surface area (Å²) in [6.45, 7) is 3.56. The zero-order valence-corrected chi connectivity index (χ0v) is 12.9. The van der Waals surface area contributed by atoms with E-state index in [1.807, 2.05) is 6.07 Å². The fraction of sp³-hybridized carbons (Fsp3) is 0.133. The van der Waals surface area contributed by atoms with Gasteiger partial charge in [0.1, 0.15) is 22.9 Å². The molecule has 1 N–H and O–H groups in total. The van der Waals surface area contributed by atoms with Gasteiger partial charge in [-0.3, -0.25) is 0 Å². The molecule has 106 valence electrons. The Morgan fingerprint density at radius 3 is 2.71 bits per heavy atom. The summed E-state index contributed by atoms with van der Waals surface area (Å²) in [6.07, 6.45) is 0. The van der Waals surface area contributed by atoms with Crippen molar-refractivity contribution in [1.29, 1.82) is 5.26 Å². The monoisotopic (exact) mass is 346 g/mol. The minimum absolute atomic E-state index is 0.00535. The lowest BCUT2D eigenvalue weighted by molar-refractivity contribution is 0.0694. The fourth-order valence-electron chi connectivity index (χ4n) is 1.87. The van der Waals surface area contributed by atoms with Crippen molar-refractivity contribution in [2.45, 2.75) is 13.8 Å². The van der Waals surface area contributed by atoms with E-state index < -0.39 is 5.97 Å². The Hall–Kier alpha value is -2.39. The van der Waals surface area contributed by atoms with Gasteiger partial charge >= 0.3 is 5.97 Å². The van der Waals surface area contributed by atoms with E-state index >= 15 is 0 Å². The molecular formula is C15H11BrN2O3. The van der Waals surface area contributed by atoms with E-state index in [1.165, 1.54) is 12.1 Å². The number of rotatable bonds is 3. The van der Waals surface area contributed by atoms with Crippen LogP contribution in [0.4, 0.5) is 0 Å². The maximum absolute atomic E-state index is 11.3. The van der Waals surface area contributed by atoms with E-state index in [-0.39, 0.29) is 17.2 Å². The van der Waals surface area contributed by atoms with E-state index in [1.54, 1.807) is 26.0 Å². The van der Waals surface area contributed by atoms with Crippen LogP contribution in [0.2, 0.25) is 0 Å². The Balaban J connectivity index is 2.53. The van der Waals surface area contributed by atoms with Crippen LogP contribution in [0.3, 0.4) is 0 Å². The number of ether oxygens (including phenoxy) is 1. The normalized spacial score (nSPS) is 10.0. The summed E-state index contributed by atoms with van der Waals surface area (Å²) in [7, 11) is 0. The Morgan fingerprint density at radius 1 is 1.38 bits per heavy atom. The zero-order chi connectivity index (χ0) is 15.6. The van der Waals surface area contributed by atoms with E-state index in [4.69, 9.17) is 4.74 Å². The van der Waals surface area contributed by atoms with Gasteiger partial charge in [-0.05, 0) is 43.7 Å². The van der Waals surface area contributed by atoms with Gasteiger partial charge in [0.05, 0.1) is 0 Å². The van der Waals surface area contributed by atoms with Crippen LogP contribution in [-0.4, -0.2) is 16.1 Å². The zero-order valence-electron chi connectivity index (χ0n) is 11.3. The molecule has 1 aromatic heterocycles. The quantitative estimate of drug-likeness (QED) is 0.912. The van der Waals surface area contributed by atoms with E-state index in [0.717, 1.165) is 5.56 Å². The van der Waals surface area contributed by atoms with Crippen molar-refractivity contribution in [3.63, 3.8) is 0 Å². The third-order valence-electron chi connectivity index (χ3n) is 2.80. The Bertz CT molecular complexity index is 766. The fourth-order valence-corrected chi connectivity index (χ4v) is 2.24. The molecule has 0 aliphatic rings. The second-order valence-electron chi connectivity index (χ2n) is 4.42.